The number of ether oxygens (including phenoxy) is 1. The summed E-state index contributed by atoms with van der Waals surface area (Å²) in [7, 11) is 1.63. The van der Waals surface area contributed by atoms with Gasteiger partial charge in [-0.2, -0.15) is 0 Å². The normalized spacial score (nSPS) is 15.0. The molecule has 1 saturated heterocycles. The Kier molecular flexibility index (Phi) is 4.76. The van der Waals surface area contributed by atoms with Crippen LogP contribution >= 0.6 is 0 Å². The molecule has 0 unspecified atom stereocenters. The number of nitrogens with zero attached hydrogens (tertiary/aromatic N) is 2. The third-order valence-corrected chi connectivity index (χ3v) is 4.29. The van der Waals surface area contributed by atoms with Gasteiger partial charge in [-0.25, -0.2) is 0 Å². The molecule has 2 aromatic rings. The van der Waals surface area contributed by atoms with Gasteiger partial charge in [-0.05, 0) is 50.2 Å². The van der Waals surface area contributed by atoms with Gasteiger partial charge in [0, 0.05) is 12.0 Å². The molecule has 23 heavy (non-hydrogen) atoms. The van der Waals surface area contributed by atoms with E-state index in [1.807, 2.05) is 31.2 Å². The molecule has 0 aliphatic carbocycles. The van der Waals surface area contributed by atoms with Gasteiger partial charge in [0.2, 0.25) is 0 Å². The Bertz CT molecular complexity index is 670. The highest BCUT2D eigenvalue weighted by atomic mass is 16.5. The van der Waals surface area contributed by atoms with Crippen molar-refractivity contribution in [3.05, 3.63) is 35.6 Å². The fraction of sp³-hybridized carbons (Fsp3) is 0.444. The zero-order valence-electron chi connectivity index (χ0n) is 13.7. The van der Waals surface area contributed by atoms with E-state index in [0.717, 1.165) is 24.4 Å². The van der Waals surface area contributed by atoms with Crippen molar-refractivity contribution in [3.63, 3.8) is 0 Å². The molecule has 122 valence electrons. The van der Waals surface area contributed by atoms with Crippen molar-refractivity contribution < 1.29 is 14.1 Å². The Morgan fingerprint density at radius 3 is 2.57 bits per heavy atom. The summed E-state index contributed by atoms with van der Waals surface area (Å²) in [5.74, 6) is 1.54. The van der Waals surface area contributed by atoms with Crippen LogP contribution in [0.1, 0.15) is 42.3 Å². The van der Waals surface area contributed by atoms with Crippen molar-refractivity contribution in [1.82, 2.24) is 10.1 Å². The Morgan fingerprint density at radius 2 is 1.96 bits per heavy atom. The Morgan fingerprint density at radius 1 is 1.26 bits per heavy atom. The van der Waals surface area contributed by atoms with Gasteiger partial charge in [-0.15, -0.1) is 0 Å². The van der Waals surface area contributed by atoms with Gasteiger partial charge in [0.25, 0.3) is 0 Å². The highest BCUT2D eigenvalue weighted by Gasteiger charge is 2.25. The lowest BCUT2D eigenvalue weighted by atomic mass is 10.0. The standard InChI is InChI=1S/C18H22N2O3/c1-3-15(21)17-16(12-20-10-4-5-11-20)23-19-18(17)13-6-8-14(22-2)9-7-13/h6-9H,3-5,10-12H2,1-2H3. The first-order valence-corrected chi connectivity index (χ1v) is 8.11. The molecule has 0 radical (unpaired) electrons. The molecule has 5 nitrogen and oxygen atoms in total. The largest absolute Gasteiger partial charge is 0.497 e. The molecule has 1 aliphatic rings. The van der Waals surface area contributed by atoms with E-state index in [4.69, 9.17) is 9.26 Å². The van der Waals surface area contributed by atoms with E-state index < -0.39 is 0 Å². The second-order valence-corrected chi connectivity index (χ2v) is 5.82. The van der Waals surface area contributed by atoms with Crippen LogP contribution in [-0.4, -0.2) is 36.0 Å². The average Bonchev–Trinajstić information content (AvgIpc) is 3.24. The summed E-state index contributed by atoms with van der Waals surface area (Å²) in [5, 5.41) is 4.19. The molecule has 2 heterocycles. The van der Waals surface area contributed by atoms with Crippen LogP contribution in [0.5, 0.6) is 5.75 Å². The quantitative estimate of drug-likeness (QED) is 0.763. The average molecular weight is 314 g/mol. The number of Topliss-reactive ketones (excluding diaryl/α,β-unsaturated/α-hetero) is 1. The first-order valence-electron chi connectivity index (χ1n) is 8.11. The number of methoxy groups -OCH3 is 1. The maximum Gasteiger partial charge on any atom is 0.168 e. The van der Waals surface area contributed by atoms with Gasteiger partial charge in [-0.1, -0.05) is 12.1 Å². The molecule has 1 aromatic heterocycles. The predicted octanol–water partition coefficient (Wildman–Crippen LogP) is 3.54. The Hall–Kier alpha value is -2.14. The number of rotatable bonds is 6. The van der Waals surface area contributed by atoms with E-state index >= 15 is 0 Å². The van der Waals surface area contributed by atoms with Crippen molar-refractivity contribution in [2.75, 3.05) is 20.2 Å². The molecule has 3 rings (SSSR count). The minimum Gasteiger partial charge on any atom is -0.497 e. The summed E-state index contributed by atoms with van der Waals surface area (Å²) in [6.45, 7) is 4.63. The molecule has 0 amide bonds. The number of carbonyl (C=O) groups excluding carboxylic acids is 1. The minimum absolute atomic E-state index is 0.0752. The van der Waals surface area contributed by atoms with Crippen LogP contribution in [0.3, 0.4) is 0 Å². The van der Waals surface area contributed by atoms with Crippen LogP contribution in [0.4, 0.5) is 0 Å². The molecule has 0 saturated carbocycles. The molecule has 0 bridgehead atoms. The number of hydrogen-bond acceptors (Lipinski definition) is 5. The number of benzene rings is 1. The topological polar surface area (TPSA) is 55.6 Å². The summed E-state index contributed by atoms with van der Waals surface area (Å²) in [6, 6.07) is 7.54. The van der Waals surface area contributed by atoms with Crippen LogP contribution in [0.15, 0.2) is 28.8 Å². The molecular weight excluding hydrogens is 292 g/mol. The van der Waals surface area contributed by atoms with E-state index in [-0.39, 0.29) is 5.78 Å². The van der Waals surface area contributed by atoms with E-state index in [1.54, 1.807) is 7.11 Å². The predicted molar refractivity (Wildman–Crippen MR) is 87.6 cm³/mol. The number of ketones is 1. The first kappa shape index (κ1) is 15.7. The number of likely N-dealkylation sites (tertiary alicyclic amines) is 1. The van der Waals surface area contributed by atoms with Gasteiger partial charge in [0.1, 0.15) is 11.4 Å². The van der Waals surface area contributed by atoms with E-state index in [1.165, 1.54) is 12.8 Å². The number of carbonyl (C=O) groups is 1. The third-order valence-electron chi connectivity index (χ3n) is 4.29. The van der Waals surface area contributed by atoms with Crippen molar-refractivity contribution in [3.8, 4) is 17.0 Å². The SMILES string of the molecule is CCC(=O)c1c(-c2ccc(OC)cc2)noc1CN1CCCC1. The molecule has 0 N–H and O–H groups in total. The van der Waals surface area contributed by atoms with Crippen LogP contribution in [-0.2, 0) is 6.54 Å². The summed E-state index contributed by atoms with van der Waals surface area (Å²) in [4.78, 5) is 14.8. The highest BCUT2D eigenvalue weighted by molar-refractivity contribution is 6.02. The van der Waals surface area contributed by atoms with Crippen LogP contribution in [0, 0.1) is 0 Å². The van der Waals surface area contributed by atoms with E-state index in [9.17, 15) is 4.79 Å². The van der Waals surface area contributed by atoms with Gasteiger partial charge >= 0.3 is 0 Å². The highest BCUT2D eigenvalue weighted by Crippen LogP contribution is 2.29. The summed E-state index contributed by atoms with van der Waals surface area (Å²) >= 11 is 0. The molecule has 1 fully saturated rings. The Balaban J connectivity index is 1.95. The van der Waals surface area contributed by atoms with Crippen LogP contribution in [0.2, 0.25) is 0 Å². The molecule has 5 heteroatoms. The van der Waals surface area contributed by atoms with E-state index in [0.29, 0.717) is 30.0 Å². The molecule has 1 aromatic carbocycles. The van der Waals surface area contributed by atoms with E-state index in [2.05, 4.69) is 10.1 Å². The molecule has 1 aliphatic heterocycles. The fourth-order valence-electron chi connectivity index (χ4n) is 2.99. The summed E-state index contributed by atoms with van der Waals surface area (Å²) in [5.41, 5.74) is 2.14. The molecule has 0 atom stereocenters. The van der Waals surface area contributed by atoms with Gasteiger partial charge in [0.05, 0.1) is 19.2 Å². The smallest absolute Gasteiger partial charge is 0.168 e. The lowest BCUT2D eigenvalue weighted by Crippen LogP contribution is -2.19. The van der Waals surface area contributed by atoms with Gasteiger partial charge < -0.3 is 9.26 Å². The first-order chi connectivity index (χ1) is 11.2. The van der Waals surface area contributed by atoms with Crippen molar-refractivity contribution in [2.45, 2.75) is 32.7 Å². The summed E-state index contributed by atoms with van der Waals surface area (Å²) < 4.78 is 10.7. The van der Waals surface area contributed by atoms with Gasteiger partial charge in [-0.3, -0.25) is 9.69 Å². The number of aromatic nitrogens is 1. The molecular formula is C18H22N2O3. The minimum atomic E-state index is 0.0752. The van der Waals surface area contributed by atoms with Crippen molar-refractivity contribution in [1.29, 1.82) is 0 Å². The third kappa shape index (κ3) is 3.29. The monoisotopic (exact) mass is 314 g/mol. The zero-order chi connectivity index (χ0) is 16.2. The lowest BCUT2D eigenvalue weighted by molar-refractivity contribution is 0.0985. The van der Waals surface area contributed by atoms with Crippen molar-refractivity contribution >= 4 is 5.78 Å². The summed E-state index contributed by atoms with van der Waals surface area (Å²) in [6.07, 6.45) is 2.85. The molecule has 0 spiro atoms. The van der Waals surface area contributed by atoms with Crippen LogP contribution in [0.25, 0.3) is 11.3 Å². The fourth-order valence-corrected chi connectivity index (χ4v) is 2.99. The van der Waals surface area contributed by atoms with Crippen molar-refractivity contribution in [2.24, 2.45) is 0 Å². The number of hydrogen-bond donors (Lipinski definition) is 0. The Labute approximate surface area is 136 Å². The van der Waals surface area contributed by atoms with Crippen LogP contribution < -0.4 is 4.74 Å². The second kappa shape index (κ2) is 6.96. The maximum absolute atomic E-state index is 12.4. The lowest BCUT2D eigenvalue weighted by Gasteiger charge is -2.12. The van der Waals surface area contributed by atoms with Gasteiger partial charge in [0.15, 0.2) is 11.5 Å². The zero-order valence-corrected chi connectivity index (χ0v) is 13.7. The second-order valence-electron chi connectivity index (χ2n) is 5.82. The maximum atomic E-state index is 12.4.